The zero-order chi connectivity index (χ0) is 25.1. The molecule has 2 aromatic rings. The molecular weight excluding hydrogens is 476 g/mol. The van der Waals surface area contributed by atoms with Crippen molar-refractivity contribution in [2.75, 3.05) is 37.2 Å². The van der Waals surface area contributed by atoms with Crippen molar-refractivity contribution in [3.63, 3.8) is 0 Å². The summed E-state index contributed by atoms with van der Waals surface area (Å²) >= 11 is 2.87. The zero-order valence-electron chi connectivity index (χ0n) is 19.7. The first-order chi connectivity index (χ1) is 16.3. The van der Waals surface area contributed by atoms with Crippen LogP contribution in [0.1, 0.15) is 34.6 Å². The largest absolute Gasteiger partial charge is 0.464 e. The smallest absolute Gasteiger partial charge is 0.329 e. The molecule has 0 spiro atoms. The van der Waals surface area contributed by atoms with Gasteiger partial charge in [0, 0.05) is 22.6 Å². The van der Waals surface area contributed by atoms with E-state index >= 15 is 0 Å². The van der Waals surface area contributed by atoms with Crippen LogP contribution >= 0.6 is 23.5 Å². The van der Waals surface area contributed by atoms with Crippen molar-refractivity contribution in [2.24, 2.45) is 0 Å². The van der Waals surface area contributed by atoms with Crippen LogP contribution in [0.5, 0.6) is 0 Å². The first-order valence-corrected chi connectivity index (χ1v) is 13.6. The summed E-state index contributed by atoms with van der Waals surface area (Å²) in [6.45, 7) is 3.91. The maximum Gasteiger partial charge on any atom is 0.329 e. The first kappa shape index (κ1) is 27.5. The van der Waals surface area contributed by atoms with Crippen molar-refractivity contribution in [1.82, 2.24) is 10.6 Å². The molecule has 0 aliphatic carbocycles. The molecule has 2 unspecified atom stereocenters. The Labute approximate surface area is 207 Å². The summed E-state index contributed by atoms with van der Waals surface area (Å²) in [6, 6.07) is 8.66. The summed E-state index contributed by atoms with van der Waals surface area (Å²) in [4.78, 5) is 49.6. The molecule has 0 saturated heterocycles. The lowest BCUT2D eigenvalue weighted by Crippen LogP contribution is -2.43. The van der Waals surface area contributed by atoms with E-state index < -0.39 is 24.0 Å². The average molecular weight is 507 g/mol. The highest BCUT2D eigenvalue weighted by Crippen LogP contribution is 2.19. The van der Waals surface area contributed by atoms with Gasteiger partial charge in [-0.1, -0.05) is 12.1 Å². The van der Waals surface area contributed by atoms with Crippen molar-refractivity contribution in [2.45, 2.75) is 25.9 Å². The second-order valence-electron chi connectivity index (χ2n) is 7.24. The van der Waals surface area contributed by atoms with E-state index in [0.29, 0.717) is 22.6 Å². The zero-order valence-corrected chi connectivity index (χ0v) is 21.3. The molecule has 2 amide bonds. The fraction of sp³-hybridized carbons (Fsp3) is 0.417. The van der Waals surface area contributed by atoms with Crippen molar-refractivity contribution >= 4 is 58.0 Å². The molecule has 8 nitrogen and oxygen atoms in total. The van der Waals surface area contributed by atoms with Gasteiger partial charge in [0.1, 0.15) is 12.1 Å². The van der Waals surface area contributed by atoms with E-state index in [1.54, 1.807) is 50.2 Å². The number of fused-ring (bicyclic) bond motifs is 1. The second-order valence-corrected chi connectivity index (χ2v) is 9.06. The van der Waals surface area contributed by atoms with Gasteiger partial charge in [-0.15, -0.1) is 0 Å². The minimum atomic E-state index is -0.738. The number of thioether (sulfide) groups is 2. The summed E-state index contributed by atoms with van der Waals surface area (Å²) in [5.41, 5.74) is 0.782. The molecule has 0 radical (unpaired) electrons. The number of hydrogen-bond donors (Lipinski definition) is 2. The summed E-state index contributed by atoms with van der Waals surface area (Å²) in [7, 11) is 0. The molecule has 2 atom stereocenters. The summed E-state index contributed by atoms with van der Waals surface area (Å²) in [5, 5.41) is 6.96. The van der Waals surface area contributed by atoms with Gasteiger partial charge in [-0.05, 0) is 61.4 Å². The highest BCUT2D eigenvalue weighted by molar-refractivity contribution is 7.98. The monoisotopic (exact) mass is 506 g/mol. The normalized spacial score (nSPS) is 12.5. The molecule has 0 aliphatic heterocycles. The maximum absolute atomic E-state index is 12.7. The van der Waals surface area contributed by atoms with Crippen molar-refractivity contribution in [3.8, 4) is 0 Å². The first-order valence-electron chi connectivity index (χ1n) is 10.8. The number of esters is 2. The van der Waals surface area contributed by atoms with Gasteiger partial charge < -0.3 is 20.1 Å². The summed E-state index contributed by atoms with van der Waals surface area (Å²) in [5.74, 6) is -0.899. The van der Waals surface area contributed by atoms with E-state index in [9.17, 15) is 19.2 Å². The Balaban J connectivity index is 2.17. The SMILES string of the molecule is CCOC(=O)C(CSC)NC(=O)c1ccc2cc(C(=O)NC(CSC)C(=O)OCC)ccc2c1. The van der Waals surface area contributed by atoms with E-state index in [1.807, 2.05) is 12.5 Å². The average Bonchev–Trinajstić information content (AvgIpc) is 2.82. The Morgan fingerprint density at radius 3 is 1.44 bits per heavy atom. The predicted octanol–water partition coefficient (Wildman–Crippen LogP) is 2.89. The van der Waals surface area contributed by atoms with E-state index in [2.05, 4.69) is 10.6 Å². The van der Waals surface area contributed by atoms with E-state index in [1.165, 1.54) is 23.5 Å². The molecule has 0 bridgehead atoms. The molecule has 184 valence electrons. The number of carbonyl (C=O) groups excluding carboxylic acids is 4. The lowest BCUT2D eigenvalue weighted by atomic mass is 10.0. The Morgan fingerprint density at radius 1 is 0.735 bits per heavy atom. The highest BCUT2D eigenvalue weighted by Gasteiger charge is 2.23. The van der Waals surface area contributed by atoms with Crippen molar-refractivity contribution in [3.05, 3.63) is 47.5 Å². The second kappa shape index (κ2) is 13.9. The van der Waals surface area contributed by atoms with Gasteiger partial charge in [0.15, 0.2) is 0 Å². The van der Waals surface area contributed by atoms with Crippen LogP contribution in [0.2, 0.25) is 0 Å². The quantitative estimate of drug-likeness (QED) is 0.423. The number of rotatable bonds is 12. The van der Waals surface area contributed by atoms with Crippen LogP contribution in [0.3, 0.4) is 0 Å². The van der Waals surface area contributed by atoms with E-state index in [0.717, 1.165) is 10.8 Å². The van der Waals surface area contributed by atoms with Gasteiger partial charge in [-0.3, -0.25) is 9.59 Å². The molecule has 2 N–H and O–H groups in total. The Kier molecular flexibility index (Phi) is 11.2. The molecule has 10 heteroatoms. The Bertz CT molecular complexity index is 948. The number of amides is 2. The number of nitrogens with one attached hydrogen (secondary N) is 2. The minimum Gasteiger partial charge on any atom is -0.464 e. The van der Waals surface area contributed by atoms with Gasteiger partial charge in [0.25, 0.3) is 11.8 Å². The molecule has 2 aromatic carbocycles. The predicted molar refractivity (Wildman–Crippen MR) is 136 cm³/mol. The number of benzene rings is 2. The van der Waals surface area contributed by atoms with E-state index in [-0.39, 0.29) is 25.0 Å². The molecule has 0 saturated carbocycles. The molecule has 34 heavy (non-hydrogen) atoms. The van der Waals surface area contributed by atoms with Gasteiger partial charge in [-0.25, -0.2) is 9.59 Å². The third kappa shape index (κ3) is 7.66. The van der Waals surface area contributed by atoms with Crippen LogP contribution in [0, 0.1) is 0 Å². The van der Waals surface area contributed by atoms with Crippen LogP contribution in [0.15, 0.2) is 36.4 Å². The molecule has 0 aliphatic rings. The lowest BCUT2D eigenvalue weighted by Gasteiger charge is -2.17. The van der Waals surface area contributed by atoms with Gasteiger partial charge in [-0.2, -0.15) is 23.5 Å². The topological polar surface area (TPSA) is 111 Å². The third-order valence-electron chi connectivity index (χ3n) is 4.78. The number of hydrogen-bond acceptors (Lipinski definition) is 8. The van der Waals surface area contributed by atoms with Crippen molar-refractivity contribution in [1.29, 1.82) is 0 Å². The lowest BCUT2D eigenvalue weighted by molar-refractivity contribution is -0.145. The fourth-order valence-corrected chi connectivity index (χ4v) is 4.27. The molecule has 0 heterocycles. The van der Waals surface area contributed by atoms with Crippen LogP contribution < -0.4 is 10.6 Å². The molecule has 0 aromatic heterocycles. The maximum atomic E-state index is 12.7. The van der Waals surface area contributed by atoms with Crippen LogP contribution in [-0.2, 0) is 19.1 Å². The van der Waals surface area contributed by atoms with Gasteiger partial charge in [0.2, 0.25) is 0 Å². The molecule has 2 rings (SSSR count). The van der Waals surface area contributed by atoms with Crippen LogP contribution in [0.4, 0.5) is 0 Å². The Hall–Kier alpha value is -2.72. The standard InChI is InChI=1S/C24H30N2O6S2/c1-5-31-23(29)19(13-33-3)25-21(27)17-9-7-16-12-18(10-8-15(16)11-17)22(28)26-20(14-34-4)24(30)32-6-2/h7-12,19-20H,5-6,13-14H2,1-4H3,(H,25,27)(H,26,28). The number of carbonyl (C=O) groups is 4. The number of ether oxygens (including phenoxy) is 2. The Morgan fingerprint density at radius 2 is 1.12 bits per heavy atom. The molecular formula is C24H30N2O6S2. The van der Waals surface area contributed by atoms with E-state index in [4.69, 9.17) is 9.47 Å². The molecule has 0 fully saturated rings. The third-order valence-corrected chi connectivity index (χ3v) is 6.12. The summed E-state index contributed by atoms with van der Waals surface area (Å²) in [6.07, 6.45) is 3.69. The van der Waals surface area contributed by atoms with Crippen LogP contribution in [-0.4, -0.2) is 73.1 Å². The minimum absolute atomic E-state index is 0.239. The fourth-order valence-electron chi connectivity index (χ4n) is 3.17. The highest BCUT2D eigenvalue weighted by atomic mass is 32.2. The van der Waals surface area contributed by atoms with Gasteiger partial charge >= 0.3 is 11.9 Å². The van der Waals surface area contributed by atoms with Crippen molar-refractivity contribution < 1.29 is 28.7 Å². The van der Waals surface area contributed by atoms with Gasteiger partial charge in [0.05, 0.1) is 13.2 Å². The van der Waals surface area contributed by atoms with Crippen LogP contribution in [0.25, 0.3) is 10.8 Å². The summed E-state index contributed by atoms with van der Waals surface area (Å²) < 4.78 is 10.1.